The molecule has 1 rings (SSSR count). The maximum Gasteiger partial charge on any atom is 0.0615 e. The van der Waals surface area contributed by atoms with E-state index in [0.717, 1.165) is 13.0 Å². The second kappa shape index (κ2) is 6.12. The third-order valence-corrected chi connectivity index (χ3v) is 4.57. The van der Waals surface area contributed by atoms with Crippen molar-refractivity contribution in [2.75, 3.05) is 25.2 Å². The molecular weight excluding hydrogens is 206 g/mol. The molecule has 0 saturated carbocycles. The fourth-order valence-corrected chi connectivity index (χ4v) is 3.47. The molecule has 0 spiro atoms. The molecular formula is C12H25NOS. The fraction of sp³-hybridized carbons (Fsp3) is 1.00. The van der Waals surface area contributed by atoms with Gasteiger partial charge < -0.3 is 10.1 Å². The van der Waals surface area contributed by atoms with Crippen molar-refractivity contribution in [3.63, 3.8) is 0 Å². The number of nitrogens with one attached hydrogen (secondary N) is 1. The van der Waals surface area contributed by atoms with E-state index in [2.05, 4.69) is 37.8 Å². The maximum absolute atomic E-state index is 5.22. The van der Waals surface area contributed by atoms with E-state index in [-0.39, 0.29) is 0 Å². The maximum atomic E-state index is 5.22. The summed E-state index contributed by atoms with van der Waals surface area (Å²) in [5, 5.41) is 3.72. The Labute approximate surface area is 98.5 Å². The van der Waals surface area contributed by atoms with Crippen LogP contribution in [0.4, 0.5) is 0 Å². The van der Waals surface area contributed by atoms with Crippen LogP contribution in [-0.4, -0.2) is 37.3 Å². The Hall–Kier alpha value is 0.270. The van der Waals surface area contributed by atoms with Crippen LogP contribution < -0.4 is 5.32 Å². The van der Waals surface area contributed by atoms with Crippen molar-refractivity contribution in [3.8, 4) is 0 Å². The van der Waals surface area contributed by atoms with Gasteiger partial charge in [0.2, 0.25) is 0 Å². The lowest BCUT2D eigenvalue weighted by Gasteiger charge is -2.37. The topological polar surface area (TPSA) is 21.3 Å². The summed E-state index contributed by atoms with van der Waals surface area (Å²) in [6.07, 6.45) is 2.44. The van der Waals surface area contributed by atoms with E-state index in [1.807, 2.05) is 0 Å². The molecule has 0 aromatic heterocycles. The van der Waals surface area contributed by atoms with E-state index in [0.29, 0.717) is 17.5 Å². The summed E-state index contributed by atoms with van der Waals surface area (Å²) in [7, 11) is 1.78. The van der Waals surface area contributed by atoms with Gasteiger partial charge in [0.25, 0.3) is 0 Å². The first-order valence-corrected chi connectivity index (χ1v) is 7.05. The lowest BCUT2D eigenvalue weighted by atomic mass is 9.87. The highest BCUT2D eigenvalue weighted by molar-refractivity contribution is 7.99. The Morgan fingerprint density at radius 2 is 2.27 bits per heavy atom. The summed E-state index contributed by atoms with van der Waals surface area (Å²) in [5.74, 6) is 2.55. The lowest BCUT2D eigenvalue weighted by molar-refractivity contribution is 0.154. The Morgan fingerprint density at radius 1 is 1.53 bits per heavy atom. The number of methoxy groups -OCH3 is 1. The summed E-state index contributed by atoms with van der Waals surface area (Å²) >= 11 is 2.08. The van der Waals surface area contributed by atoms with Crippen LogP contribution in [0.1, 0.15) is 33.6 Å². The molecule has 1 heterocycles. The van der Waals surface area contributed by atoms with Gasteiger partial charge in [-0.3, -0.25) is 0 Å². The zero-order valence-corrected chi connectivity index (χ0v) is 11.3. The first kappa shape index (κ1) is 13.3. The number of hydrogen-bond donors (Lipinski definition) is 1. The molecule has 2 unspecified atom stereocenters. The third kappa shape index (κ3) is 4.75. The largest absolute Gasteiger partial charge is 0.383 e. The highest BCUT2D eigenvalue weighted by Gasteiger charge is 2.29. The van der Waals surface area contributed by atoms with Crippen molar-refractivity contribution in [2.45, 2.75) is 45.7 Å². The second-order valence-electron chi connectivity index (χ2n) is 5.31. The SMILES string of the molecule is CCC(COC)NC1CSCC(C)(C)C1. The minimum Gasteiger partial charge on any atom is -0.383 e. The van der Waals surface area contributed by atoms with Crippen molar-refractivity contribution in [1.82, 2.24) is 5.32 Å². The predicted molar refractivity (Wildman–Crippen MR) is 68.6 cm³/mol. The molecule has 2 nitrogen and oxygen atoms in total. The molecule has 0 radical (unpaired) electrons. The molecule has 1 fully saturated rings. The summed E-state index contributed by atoms with van der Waals surface area (Å²) < 4.78 is 5.22. The third-order valence-electron chi connectivity index (χ3n) is 2.94. The normalized spacial score (nSPS) is 27.6. The molecule has 1 aliphatic heterocycles. The van der Waals surface area contributed by atoms with Gasteiger partial charge in [-0.15, -0.1) is 0 Å². The summed E-state index contributed by atoms with van der Waals surface area (Å²) in [6.45, 7) is 7.78. The standard InChI is InChI=1S/C12H25NOS/c1-5-10(7-14-4)13-11-6-12(2,3)9-15-8-11/h10-11,13H,5-9H2,1-4H3. The van der Waals surface area contributed by atoms with Gasteiger partial charge in [0, 0.05) is 24.9 Å². The van der Waals surface area contributed by atoms with Crippen LogP contribution in [0.2, 0.25) is 0 Å². The predicted octanol–water partition coefficient (Wildman–Crippen LogP) is 2.53. The van der Waals surface area contributed by atoms with E-state index in [1.165, 1.54) is 17.9 Å². The fourth-order valence-electron chi connectivity index (χ4n) is 2.19. The zero-order valence-electron chi connectivity index (χ0n) is 10.5. The molecule has 1 aliphatic rings. The van der Waals surface area contributed by atoms with Crippen LogP contribution in [0, 0.1) is 5.41 Å². The molecule has 0 aromatic carbocycles. The molecule has 1 N–H and O–H groups in total. The number of ether oxygens (including phenoxy) is 1. The molecule has 3 heteroatoms. The van der Waals surface area contributed by atoms with Crippen LogP contribution in [-0.2, 0) is 4.74 Å². The van der Waals surface area contributed by atoms with E-state index in [4.69, 9.17) is 4.74 Å². The smallest absolute Gasteiger partial charge is 0.0615 e. The van der Waals surface area contributed by atoms with Crippen LogP contribution in [0.3, 0.4) is 0 Å². The van der Waals surface area contributed by atoms with Crippen molar-refractivity contribution >= 4 is 11.8 Å². The van der Waals surface area contributed by atoms with E-state index in [9.17, 15) is 0 Å². The van der Waals surface area contributed by atoms with E-state index < -0.39 is 0 Å². The number of rotatable bonds is 5. The molecule has 15 heavy (non-hydrogen) atoms. The average Bonchev–Trinajstić information content (AvgIpc) is 2.15. The quantitative estimate of drug-likeness (QED) is 0.785. The number of hydrogen-bond acceptors (Lipinski definition) is 3. The molecule has 1 saturated heterocycles. The van der Waals surface area contributed by atoms with Crippen LogP contribution in [0.15, 0.2) is 0 Å². The van der Waals surface area contributed by atoms with Gasteiger partial charge in [0.05, 0.1) is 6.61 Å². The summed E-state index contributed by atoms with van der Waals surface area (Å²) in [6, 6.07) is 1.19. The highest BCUT2D eigenvalue weighted by atomic mass is 32.2. The van der Waals surface area contributed by atoms with E-state index >= 15 is 0 Å². The minimum absolute atomic E-state index is 0.492. The van der Waals surface area contributed by atoms with E-state index in [1.54, 1.807) is 7.11 Å². The average molecular weight is 231 g/mol. The van der Waals surface area contributed by atoms with Gasteiger partial charge in [-0.05, 0) is 24.0 Å². The van der Waals surface area contributed by atoms with Gasteiger partial charge in [-0.2, -0.15) is 11.8 Å². The molecule has 2 atom stereocenters. The van der Waals surface area contributed by atoms with Crippen molar-refractivity contribution < 1.29 is 4.74 Å². The van der Waals surface area contributed by atoms with Gasteiger partial charge in [-0.1, -0.05) is 20.8 Å². The summed E-state index contributed by atoms with van der Waals surface area (Å²) in [4.78, 5) is 0. The lowest BCUT2D eigenvalue weighted by Crippen LogP contribution is -2.46. The van der Waals surface area contributed by atoms with Crippen LogP contribution >= 0.6 is 11.8 Å². The molecule has 0 aliphatic carbocycles. The first-order valence-electron chi connectivity index (χ1n) is 5.90. The Bertz CT molecular complexity index is 184. The Kier molecular flexibility index (Phi) is 5.44. The molecule has 0 bridgehead atoms. The van der Waals surface area contributed by atoms with Crippen LogP contribution in [0.5, 0.6) is 0 Å². The second-order valence-corrected chi connectivity index (χ2v) is 6.34. The van der Waals surface area contributed by atoms with Crippen molar-refractivity contribution in [1.29, 1.82) is 0 Å². The summed E-state index contributed by atoms with van der Waals surface area (Å²) in [5.41, 5.74) is 0.492. The molecule has 90 valence electrons. The molecule has 0 amide bonds. The van der Waals surface area contributed by atoms with Gasteiger partial charge in [0.1, 0.15) is 0 Å². The van der Waals surface area contributed by atoms with Crippen molar-refractivity contribution in [2.24, 2.45) is 5.41 Å². The van der Waals surface area contributed by atoms with Crippen molar-refractivity contribution in [3.05, 3.63) is 0 Å². The highest BCUT2D eigenvalue weighted by Crippen LogP contribution is 2.33. The minimum atomic E-state index is 0.492. The van der Waals surface area contributed by atoms with Gasteiger partial charge in [-0.25, -0.2) is 0 Å². The zero-order chi connectivity index (χ0) is 11.3. The molecule has 0 aromatic rings. The Balaban J connectivity index is 2.36. The monoisotopic (exact) mass is 231 g/mol. The first-order chi connectivity index (χ1) is 7.07. The van der Waals surface area contributed by atoms with Crippen LogP contribution in [0.25, 0.3) is 0 Å². The van der Waals surface area contributed by atoms with Gasteiger partial charge in [0.15, 0.2) is 0 Å². The van der Waals surface area contributed by atoms with Gasteiger partial charge >= 0.3 is 0 Å². The Morgan fingerprint density at radius 3 is 2.80 bits per heavy atom. The number of thioether (sulfide) groups is 1.